The van der Waals surface area contributed by atoms with Crippen molar-refractivity contribution >= 4 is 28.3 Å². The van der Waals surface area contributed by atoms with Crippen LogP contribution in [0.3, 0.4) is 0 Å². The second-order valence-corrected chi connectivity index (χ2v) is 5.65. The first kappa shape index (κ1) is 14.9. The third kappa shape index (κ3) is 4.55. The molecule has 2 rings (SSSR count). The summed E-state index contributed by atoms with van der Waals surface area (Å²) in [6.07, 6.45) is 0. The van der Waals surface area contributed by atoms with E-state index >= 15 is 0 Å². The van der Waals surface area contributed by atoms with Gasteiger partial charge in [-0.25, -0.2) is 4.98 Å². The molecular formula is C12H18N4O3S. The first-order chi connectivity index (χ1) is 9.52. The monoisotopic (exact) mass is 298 g/mol. The minimum atomic E-state index is -0.810. The van der Waals surface area contributed by atoms with Gasteiger partial charge in [0, 0.05) is 31.6 Å². The molecule has 1 amide bonds. The molecule has 1 aliphatic heterocycles. The van der Waals surface area contributed by atoms with Gasteiger partial charge in [-0.05, 0) is 6.92 Å². The number of anilines is 1. The lowest BCUT2D eigenvalue weighted by Crippen LogP contribution is -2.49. The number of aromatic nitrogens is 1. The van der Waals surface area contributed by atoms with E-state index in [1.165, 1.54) is 11.3 Å². The first-order valence-corrected chi connectivity index (χ1v) is 7.29. The number of nitrogens with one attached hydrogen (secondary N) is 1. The Morgan fingerprint density at radius 3 is 2.40 bits per heavy atom. The smallest absolute Gasteiger partial charge is 0.317 e. The minimum absolute atomic E-state index is 0.0679. The van der Waals surface area contributed by atoms with E-state index in [0.717, 1.165) is 5.69 Å². The standard InChI is InChI=1S/C12H18N4O3S/c1-9-8-20-12(13-9)14-10(17)6-15-2-4-16(5-3-15)7-11(18)19/h8H,2-7H2,1H3,(H,18,19)(H,13,14,17). The summed E-state index contributed by atoms with van der Waals surface area (Å²) in [6, 6.07) is 0. The van der Waals surface area contributed by atoms with Crippen molar-refractivity contribution in [3.05, 3.63) is 11.1 Å². The molecule has 2 N–H and O–H groups in total. The molecule has 0 aliphatic carbocycles. The molecule has 8 heteroatoms. The van der Waals surface area contributed by atoms with Gasteiger partial charge >= 0.3 is 5.97 Å². The van der Waals surface area contributed by atoms with E-state index in [4.69, 9.17) is 5.11 Å². The van der Waals surface area contributed by atoms with Gasteiger partial charge in [0.05, 0.1) is 18.8 Å². The van der Waals surface area contributed by atoms with E-state index in [-0.39, 0.29) is 12.5 Å². The summed E-state index contributed by atoms with van der Waals surface area (Å²) >= 11 is 1.41. The molecule has 1 fully saturated rings. The maximum absolute atomic E-state index is 11.9. The molecule has 0 atom stereocenters. The van der Waals surface area contributed by atoms with Crippen molar-refractivity contribution in [3.63, 3.8) is 0 Å². The molecule has 110 valence electrons. The Balaban J connectivity index is 1.72. The van der Waals surface area contributed by atoms with E-state index in [2.05, 4.69) is 10.3 Å². The van der Waals surface area contributed by atoms with Gasteiger partial charge in [0.25, 0.3) is 0 Å². The molecule has 0 spiro atoms. The largest absolute Gasteiger partial charge is 0.480 e. The van der Waals surface area contributed by atoms with Gasteiger partial charge in [-0.1, -0.05) is 0 Å². The third-order valence-electron chi connectivity index (χ3n) is 3.06. The average Bonchev–Trinajstić information content (AvgIpc) is 2.76. The molecule has 1 aromatic rings. The summed E-state index contributed by atoms with van der Waals surface area (Å²) in [5.41, 5.74) is 0.896. The number of aryl methyl sites for hydroxylation is 1. The number of carboxylic acid groups (broad SMARTS) is 1. The lowest BCUT2D eigenvalue weighted by molar-refractivity contribution is -0.139. The van der Waals surface area contributed by atoms with Crippen molar-refractivity contribution < 1.29 is 14.7 Å². The number of amides is 1. The van der Waals surface area contributed by atoms with Crippen molar-refractivity contribution in [2.75, 3.05) is 44.6 Å². The summed E-state index contributed by atoms with van der Waals surface area (Å²) in [4.78, 5) is 30.5. The highest BCUT2D eigenvalue weighted by molar-refractivity contribution is 7.13. The molecule has 0 radical (unpaired) electrons. The average molecular weight is 298 g/mol. The van der Waals surface area contributed by atoms with Crippen LogP contribution >= 0.6 is 11.3 Å². The Bertz CT molecular complexity index is 483. The van der Waals surface area contributed by atoms with Crippen LogP contribution in [0.25, 0.3) is 0 Å². The number of carbonyl (C=O) groups is 2. The van der Waals surface area contributed by atoms with Gasteiger partial charge in [-0.3, -0.25) is 19.4 Å². The second kappa shape index (κ2) is 6.78. The predicted molar refractivity (Wildman–Crippen MR) is 76.0 cm³/mol. The van der Waals surface area contributed by atoms with Gasteiger partial charge in [0.2, 0.25) is 5.91 Å². The normalized spacial score (nSPS) is 17.1. The highest BCUT2D eigenvalue weighted by Gasteiger charge is 2.20. The van der Waals surface area contributed by atoms with E-state index in [1.807, 2.05) is 22.1 Å². The highest BCUT2D eigenvalue weighted by Crippen LogP contribution is 2.14. The molecule has 0 aromatic carbocycles. The van der Waals surface area contributed by atoms with Gasteiger partial charge in [0.15, 0.2) is 5.13 Å². The van der Waals surface area contributed by atoms with E-state index in [0.29, 0.717) is 37.9 Å². The van der Waals surface area contributed by atoms with Crippen LogP contribution in [0.4, 0.5) is 5.13 Å². The molecule has 0 bridgehead atoms. The molecular weight excluding hydrogens is 280 g/mol. The number of nitrogens with zero attached hydrogens (tertiary/aromatic N) is 3. The lowest BCUT2D eigenvalue weighted by Gasteiger charge is -2.33. The number of thiazole rings is 1. The Kier molecular flexibility index (Phi) is 5.05. The molecule has 0 saturated carbocycles. The molecule has 7 nitrogen and oxygen atoms in total. The first-order valence-electron chi connectivity index (χ1n) is 6.41. The molecule has 1 aliphatic rings. The van der Waals surface area contributed by atoms with Gasteiger partial charge in [-0.2, -0.15) is 0 Å². The van der Waals surface area contributed by atoms with Crippen molar-refractivity contribution in [2.45, 2.75) is 6.92 Å². The van der Waals surface area contributed by atoms with E-state index < -0.39 is 5.97 Å². The molecule has 20 heavy (non-hydrogen) atoms. The van der Waals surface area contributed by atoms with Crippen LogP contribution < -0.4 is 5.32 Å². The SMILES string of the molecule is Cc1csc(NC(=O)CN2CCN(CC(=O)O)CC2)n1. The Morgan fingerprint density at radius 2 is 1.90 bits per heavy atom. The second-order valence-electron chi connectivity index (χ2n) is 4.79. The summed E-state index contributed by atoms with van der Waals surface area (Å²) in [6.45, 7) is 5.03. The number of aliphatic carboxylic acids is 1. The zero-order valence-electron chi connectivity index (χ0n) is 11.3. The third-order valence-corrected chi connectivity index (χ3v) is 3.93. The maximum Gasteiger partial charge on any atom is 0.317 e. The number of hydrogen-bond acceptors (Lipinski definition) is 6. The summed E-state index contributed by atoms with van der Waals surface area (Å²) in [5, 5.41) is 14.0. The Labute approximate surface area is 121 Å². The lowest BCUT2D eigenvalue weighted by atomic mass is 10.3. The van der Waals surface area contributed by atoms with Crippen molar-refractivity contribution in [3.8, 4) is 0 Å². The minimum Gasteiger partial charge on any atom is -0.480 e. The zero-order valence-corrected chi connectivity index (χ0v) is 12.2. The van der Waals surface area contributed by atoms with Crippen LogP contribution in [0, 0.1) is 6.92 Å². The Hall–Kier alpha value is -1.51. The van der Waals surface area contributed by atoms with Crippen LogP contribution in [0.5, 0.6) is 0 Å². The van der Waals surface area contributed by atoms with Crippen LogP contribution in [0.15, 0.2) is 5.38 Å². The fraction of sp³-hybridized carbons (Fsp3) is 0.583. The topological polar surface area (TPSA) is 85.8 Å². The Morgan fingerprint density at radius 1 is 1.30 bits per heavy atom. The quantitative estimate of drug-likeness (QED) is 0.801. The van der Waals surface area contributed by atoms with Gasteiger partial charge in [-0.15, -0.1) is 11.3 Å². The number of hydrogen-bond donors (Lipinski definition) is 2. The van der Waals surface area contributed by atoms with Crippen molar-refractivity contribution in [2.24, 2.45) is 0 Å². The number of carboxylic acids is 1. The fourth-order valence-electron chi connectivity index (χ4n) is 2.07. The van der Waals surface area contributed by atoms with Crippen molar-refractivity contribution in [1.82, 2.24) is 14.8 Å². The summed E-state index contributed by atoms with van der Waals surface area (Å²) in [7, 11) is 0. The van der Waals surface area contributed by atoms with Gasteiger partial charge < -0.3 is 10.4 Å². The number of rotatable bonds is 5. The molecule has 1 saturated heterocycles. The van der Waals surface area contributed by atoms with Crippen LogP contribution in [-0.2, 0) is 9.59 Å². The van der Waals surface area contributed by atoms with E-state index in [1.54, 1.807) is 0 Å². The molecule has 1 aromatic heterocycles. The summed E-state index contributed by atoms with van der Waals surface area (Å²) in [5.74, 6) is -0.888. The maximum atomic E-state index is 11.9. The predicted octanol–water partition coefficient (Wildman–Crippen LogP) is 0.0922. The van der Waals surface area contributed by atoms with Crippen LogP contribution in [-0.4, -0.2) is 71.0 Å². The number of carbonyl (C=O) groups excluding carboxylic acids is 1. The van der Waals surface area contributed by atoms with E-state index in [9.17, 15) is 9.59 Å². The van der Waals surface area contributed by atoms with Crippen LogP contribution in [0.1, 0.15) is 5.69 Å². The highest BCUT2D eigenvalue weighted by atomic mass is 32.1. The number of piperazine rings is 1. The zero-order chi connectivity index (χ0) is 14.5. The fourth-order valence-corrected chi connectivity index (χ4v) is 2.77. The van der Waals surface area contributed by atoms with Crippen LogP contribution in [0.2, 0.25) is 0 Å². The molecule has 2 heterocycles. The molecule has 0 unspecified atom stereocenters. The van der Waals surface area contributed by atoms with Gasteiger partial charge in [0.1, 0.15) is 0 Å². The van der Waals surface area contributed by atoms with Crippen molar-refractivity contribution in [1.29, 1.82) is 0 Å². The summed E-state index contributed by atoms with van der Waals surface area (Å²) < 4.78 is 0.